The number of sulfonamides is 1. The fourth-order valence-corrected chi connectivity index (χ4v) is 3.60. The molecule has 0 saturated carbocycles. The summed E-state index contributed by atoms with van der Waals surface area (Å²) in [7, 11) is 0.193. The molecule has 9 heteroatoms. The van der Waals surface area contributed by atoms with Crippen molar-refractivity contribution in [3.8, 4) is 0 Å². The van der Waals surface area contributed by atoms with Crippen LogP contribution in [-0.2, 0) is 21.2 Å². The van der Waals surface area contributed by atoms with Crippen LogP contribution in [0.25, 0.3) is 0 Å². The Morgan fingerprint density at radius 3 is 2.34 bits per heavy atom. The Labute approximate surface area is 170 Å². The molecule has 0 spiro atoms. The Morgan fingerprint density at radius 2 is 1.72 bits per heavy atom. The molecule has 0 bridgehead atoms. The number of anilines is 1. The first-order chi connectivity index (χ1) is 13.6. The zero-order chi connectivity index (χ0) is 21.8. The molecule has 0 aliphatic heterocycles. The van der Waals surface area contributed by atoms with Crippen molar-refractivity contribution in [3.63, 3.8) is 0 Å². The molecule has 0 fully saturated rings. The Hall–Kier alpha value is -2.78. The molecule has 2 aromatic rings. The molecule has 0 atom stereocenters. The van der Waals surface area contributed by atoms with Gasteiger partial charge in [-0.1, -0.05) is 25.1 Å². The average molecular weight is 421 g/mol. The van der Waals surface area contributed by atoms with Gasteiger partial charge >= 0.3 is 0 Å². The maximum Gasteiger partial charge on any atom is 0.257 e. The summed E-state index contributed by atoms with van der Waals surface area (Å²) in [5.74, 6) is -2.10. The molecule has 29 heavy (non-hydrogen) atoms. The van der Waals surface area contributed by atoms with E-state index in [0.717, 1.165) is 39.4 Å². The van der Waals surface area contributed by atoms with E-state index in [0.29, 0.717) is 5.69 Å². The predicted octanol–water partition coefficient (Wildman–Crippen LogP) is 2.35. The highest BCUT2D eigenvalue weighted by Crippen LogP contribution is 2.19. The fourth-order valence-electron chi connectivity index (χ4n) is 2.67. The minimum atomic E-state index is -3.83. The van der Waals surface area contributed by atoms with Gasteiger partial charge in [0.25, 0.3) is 5.91 Å². The van der Waals surface area contributed by atoms with Crippen molar-refractivity contribution in [2.75, 3.05) is 33.0 Å². The number of para-hydroxylation sites is 1. The Morgan fingerprint density at radius 1 is 1.07 bits per heavy atom. The number of rotatable bonds is 7. The second-order valence-corrected chi connectivity index (χ2v) is 8.80. The standard InChI is InChI=1S/C20H24FN3O4S/c1-5-14-8-6-7-9-18(14)22-19(25)13-24(4)20(26)16-12-15(10-11-17(16)21)29(27,28)23(2)3/h6-12H,5,13H2,1-4H3,(H,22,25). The summed E-state index contributed by atoms with van der Waals surface area (Å²) in [5.41, 5.74) is 1.17. The van der Waals surface area contributed by atoms with Crippen LogP contribution in [0.4, 0.5) is 10.1 Å². The van der Waals surface area contributed by atoms with Crippen LogP contribution in [0.2, 0.25) is 0 Å². The van der Waals surface area contributed by atoms with Crippen molar-refractivity contribution >= 4 is 27.5 Å². The van der Waals surface area contributed by atoms with Crippen molar-refractivity contribution in [1.82, 2.24) is 9.21 Å². The summed E-state index contributed by atoms with van der Waals surface area (Å²) in [6, 6.07) is 10.3. The second-order valence-electron chi connectivity index (χ2n) is 6.65. The lowest BCUT2D eigenvalue weighted by Crippen LogP contribution is -2.35. The minimum Gasteiger partial charge on any atom is -0.332 e. The summed E-state index contributed by atoms with van der Waals surface area (Å²) < 4.78 is 39.7. The van der Waals surface area contributed by atoms with Crippen molar-refractivity contribution < 1.29 is 22.4 Å². The van der Waals surface area contributed by atoms with Crippen LogP contribution in [0.1, 0.15) is 22.8 Å². The van der Waals surface area contributed by atoms with Gasteiger partial charge in [-0.05, 0) is 36.2 Å². The highest BCUT2D eigenvalue weighted by Gasteiger charge is 2.24. The van der Waals surface area contributed by atoms with E-state index in [-0.39, 0.29) is 11.4 Å². The van der Waals surface area contributed by atoms with E-state index in [4.69, 9.17) is 0 Å². The molecule has 0 aromatic heterocycles. The lowest BCUT2D eigenvalue weighted by molar-refractivity contribution is -0.116. The summed E-state index contributed by atoms with van der Waals surface area (Å²) >= 11 is 0. The highest BCUT2D eigenvalue weighted by molar-refractivity contribution is 7.89. The van der Waals surface area contributed by atoms with E-state index in [9.17, 15) is 22.4 Å². The SMILES string of the molecule is CCc1ccccc1NC(=O)CN(C)C(=O)c1cc(S(=O)(=O)N(C)C)ccc1F. The Kier molecular flexibility index (Phi) is 7.10. The van der Waals surface area contributed by atoms with E-state index >= 15 is 0 Å². The van der Waals surface area contributed by atoms with Gasteiger partial charge in [0.05, 0.1) is 17.0 Å². The van der Waals surface area contributed by atoms with Gasteiger partial charge in [-0.25, -0.2) is 17.1 Å². The molecule has 2 amide bonds. The molecular formula is C20H24FN3O4S. The number of likely N-dealkylation sites (N-methyl/N-ethyl adjacent to an activating group) is 1. The number of carbonyl (C=O) groups excluding carboxylic acids is 2. The lowest BCUT2D eigenvalue weighted by atomic mass is 10.1. The molecule has 2 rings (SSSR count). The number of hydrogen-bond donors (Lipinski definition) is 1. The molecule has 0 aliphatic rings. The molecule has 156 valence electrons. The minimum absolute atomic E-state index is 0.207. The molecule has 2 aromatic carbocycles. The van der Waals surface area contributed by atoms with Crippen LogP contribution in [-0.4, -0.2) is 57.1 Å². The number of halogens is 1. The van der Waals surface area contributed by atoms with Crippen LogP contribution in [0.5, 0.6) is 0 Å². The molecular weight excluding hydrogens is 397 g/mol. The number of carbonyl (C=O) groups is 2. The van der Waals surface area contributed by atoms with E-state index in [1.54, 1.807) is 12.1 Å². The zero-order valence-corrected chi connectivity index (χ0v) is 17.6. The van der Waals surface area contributed by atoms with E-state index in [1.807, 2.05) is 19.1 Å². The van der Waals surface area contributed by atoms with Crippen LogP contribution >= 0.6 is 0 Å². The van der Waals surface area contributed by atoms with Crippen LogP contribution in [0.15, 0.2) is 47.4 Å². The zero-order valence-electron chi connectivity index (χ0n) is 16.8. The smallest absolute Gasteiger partial charge is 0.257 e. The lowest BCUT2D eigenvalue weighted by Gasteiger charge is -2.19. The largest absolute Gasteiger partial charge is 0.332 e. The van der Waals surface area contributed by atoms with Crippen molar-refractivity contribution in [2.24, 2.45) is 0 Å². The molecule has 0 heterocycles. The van der Waals surface area contributed by atoms with Gasteiger partial charge in [0.2, 0.25) is 15.9 Å². The van der Waals surface area contributed by atoms with E-state index < -0.39 is 33.2 Å². The fraction of sp³-hybridized carbons (Fsp3) is 0.300. The number of benzene rings is 2. The number of aryl methyl sites for hydroxylation is 1. The first kappa shape index (κ1) is 22.5. The van der Waals surface area contributed by atoms with Gasteiger partial charge in [-0.15, -0.1) is 0 Å². The van der Waals surface area contributed by atoms with Crippen LogP contribution < -0.4 is 5.32 Å². The predicted molar refractivity (Wildman–Crippen MR) is 109 cm³/mol. The van der Waals surface area contributed by atoms with Gasteiger partial charge in [-0.2, -0.15) is 0 Å². The van der Waals surface area contributed by atoms with Gasteiger partial charge in [0, 0.05) is 26.8 Å². The molecule has 1 N–H and O–H groups in total. The van der Waals surface area contributed by atoms with E-state index in [2.05, 4.69) is 5.32 Å². The third-order valence-electron chi connectivity index (χ3n) is 4.35. The van der Waals surface area contributed by atoms with Crippen LogP contribution in [0.3, 0.4) is 0 Å². The van der Waals surface area contributed by atoms with E-state index in [1.165, 1.54) is 21.1 Å². The quantitative estimate of drug-likeness (QED) is 0.744. The Bertz CT molecular complexity index is 1020. The third kappa shape index (κ3) is 5.18. The highest BCUT2D eigenvalue weighted by atomic mass is 32.2. The molecule has 0 aliphatic carbocycles. The molecule has 0 unspecified atom stereocenters. The third-order valence-corrected chi connectivity index (χ3v) is 6.16. The summed E-state index contributed by atoms with van der Waals surface area (Å²) in [6.07, 6.45) is 0.726. The Balaban J connectivity index is 2.19. The van der Waals surface area contributed by atoms with Gasteiger partial charge in [-0.3, -0.25) is 9.59 Å². The van der Waals surface area contributed by atoms with Crippen molar-refractivity contribution in [1.29, 1.82) is 0 Å². The normalized spacial score (nSPS) is 11.4. The van der Waals surface area contributed by atoms with Crippen LogP contribution in [0, 0.1) is 5.82 Å². The summed E-state index contributed by atoms with van der Waals surface area (Å²) in [5, 5.41) is 2.73. The van der Waals surface area contributed by atoms with Gasteiger partial charge in [0.15, 0.2) is 0 Å². The first-order valence-corrected chi connectivity index (χ1v) is 10.4. The monoisotopic (exact) mass is 421 g/mol. The maximum absolute atomic E-state index is 14.2. The summed E-state index contributed by atoms with van der Waals surface area (Å²) in [6.45, 7) is 1.64. The second kappa shape index (κ2) is 9.15. The number of nitrogens with zero attached hydrogens (tertiary/aromatic N) is 2. The number of hydrogen-bond acceptors (Lipinski definition) is 4. The topological polar surface area (TPSA) is 86.8 Å². The molecule has 7 nitrogen and oxygen atoms in total. The molecule has 0 saturated heterocycles. The van der Waals surface area contributed by atoms with Crippen molar-refractivity contribution in [2.45, 2.75) is 18.2 Å². The van der Waals surface area contributed by atoms with Gasteiger partial charge in [0.1, 0.15) is 5.82 Å². The first-order valence-electron chi connectivity index (χ1n) is 8.93. The maximum atomic E-state index is 14.2. The van der Waals surface area contributed by atoms with Gasteiger partial charge < -0.3 is 10.2 Å². The number of amides is 2. The summed E-state index contributed by atoms with van der Waals surface area (Å²) in [4.78, 5) is 25.8. The van der Waals surface area contributed by atoms with Crippen molar-refractivity contribution in [3.05, 3.63) is 59.4 Å². The molecule has 0 radical (unpaired) electrons. The number of nitrogens with one attached hydrogen (secondary N) is 1. The average Bonchev–Trinajstić information content (AvgIpc) is 2.67.